The van der Waals surface area contributed by atoms with Gasteiger partial charge in [-0.05, 0) is 33.1 Å². The van der Waals surface area contributed by atoms with Gasteiger partial charge in [0.15, 0.2) is 0 Å². The van der Waals surface area contributed by atoms with Gasteiger partial charge in [0.2, 0.25) is 5.95 Å². The van der Waals surface area contributed by atoms with Gasteiger partial charge < -0.3 is 9.64 Å². The van der Waals surface area contributed by atoms with Crippen molar-refractivity contribution in [1.82, 2.24) is 9.55 Å². The predicted octanol–water partition coefficient (Wildman–Crippen LogP) is 1.58. The molecule has 1 aromatic rings. The molecular weight excluding hydrogens is 242 g/mol. The number of ether oxygens (including phenoxy) is 1. The molecule has 5 heteroatoms. The van der Waals surface area contributed by atoms with E-state index in [1.54, 1.807) is 10.6 Å². The van der Waals surface area contributed by atoms with E-state index in [9.17, 15) is 4.79 Å². The van der Waals surface area contributed by atoms with Crippen molar-refractivity contribution in [3.8, 4) is 0 Å². The number of nitrogens with zero attached hydrogens (tertiary/aromatic N) is 3. The predicted molar refractivity (Wildman–Crippen MR) is 75.8 cm³/mol. The number of aryl methyl sites for hydroxylation is 1. The molecule has 0 aromatic carbocycles. The first-order chi connectivity index (χ1) is 9.22. The maximum atomic E-state index is 12.1. The summed E-state index contributed by atoms with van der Waals surface area (Å²) in [5, 5.41) is 0. The van der Waals surface area contributed by atoms with Crippen molar-refractivity contribution in [3.63, 3.8) is 0 Å². The van der Waals surface area contributed by atoms with E-state index < -0.39 is 0 Å². The molecule has 0 radical (unpaired) electrons. The van der Waals surface area contributed by atoms with E-state index in [1.807, 2.05) is 13.8 Å². The zero-order chi connectivity index (χ0) is 13.7. The first-order valence-corrected chi connectivity index (χ1v) is 7.13. The Labute approximate surface area is 114 Å². The van der Waals surface area contributed by atoms with Crippen LogP contribution in [0.2, 0.25) is 0 Å². The Hall–Kier alpha value is -1.36. The molecule has 1 aliphatic rings. The van der Waals surface area contributed by atoms with Crippen LogP contribution in [0.3, 0.4) is 0 Å². The fourth-order valence-corrected chi connectivity index (χ4v) is 2.45. The lowest BCUT2D eigenvalue weighted by Gasteiger charge is -2.29. The van der Waals surface area contributed by atoms with Gasteiger partial charge in [0.25, 0.3) is 5.56 Å². The first kappa shape index (κ1) is 14.1. The minimum absolute atomic E-state index is 0.0211. The van der Waals surface area contributed by atoms with Crippen LogP contribution in [0.5, 0.6) is 0 Å². The fraction of sp³-hybridized carbons (Fsp3) is 0.714. The maximum Gasteiger partial charge on any atom is 0.255 e. The molecule has 1 aliphatic heterocycles. The van der Waals surface area contributed by atoms with E-state index in [2.05, 4.69) is 9.88 Å². The summed E-state index contributed by atoms with van der Waals surface area (Å²) in [6.07, 6.45) is 3.62. The third-order valence-electron chi connectivity index (χ3n) is 3.42. The van der Waals surface area contributed by atoms with Gasteiger partial charge in [0.1, 0.15) is 0 Å². The number of hydrogen-bond donors (Lipinski definition) is 0. The second-order valence-electron chi connectivity index (χ2n) is 4.93. The monoisotopic (exact) mass is 265 g/mol. The van der Waals surface area contributed by atoms with Crippen molar-refractivity contribution in [1.29, 1.82) is 0 Å². The molecule has 0 bridgehead atoms. The summed E-state index contributed by atoms with van der Waals surface area (Å²) in [4.78, 5) is 18.9. The van der Waals surface area contributed by atoms with Gasteiger partial charge in [-0.1, -0.05) is 0 Å². The lowest BCUT2D eigenvalue weighted by molar-refractivity contribution is 0.138. The number of anilines is 1. The SMILES string of the molecule is CCOCCn1c(N2CCCCC2)nc(C)cc1=O. The Balaban J connectivity index is 2.25. The van der Waals surface area contributed by atoms with Gasteiger partial charge in [-0.2, -0.15) is 0 Å². The molecular formula is C14H23N3O2. The molecule has 0 saturated carbocycles. The molecule has 0 N–H and O–H groups in total. The van der Waals surface area contributed by atoms with E-state index >= 15 is 0 Å². The quantitative estimate of drug-likeness (QED) is 0.758. The molecule has 2 heterocycles. The Bertz CT molecular complexity index is 464. The van der Waals surface area contributed by atoms with E-state index in [-0.39, 0.29) is 5.56 Å². The van der Waals surface area contributed by atoms with Crippen LogP contribution in [0.1, 0.15) is 31.9 Å². The Morgan fingerprint density at radius 3 is 2.74 bits per heavy atom. The van der Waals surface area contributed by atoms with Crippen LogP contribution in [0.25, 0.3) is 0 Å². The molecule has 5 nitrogen and oxygen atoms in total. The lowest BCUT2D eigenvalue weighted by atomic mass is 10.1. The number of rotatable bonds is 5. The van der Waals surface area contributed by atoms with Gasteiger partial charge in [0.05, 0.1) is 13.2 Å². The van der Waals surface area contributed by atoms with Gasteiger partial charge >= 0.3 is 0 Å². The van der Waals surface area contributed by atoms with E-state index in [0.717, 1.165) is 24.7 Å². The minimum atomic E-state index is 0.0211. The normalized spacial score (nSPS) is 15.8. The number of piperidine rings is 1. The van der Waals surface area contributed by atoms with E-state index in [0.29, 0.717) is 19.8 Å². The van der Waals surface area contributed by atoms with Crippen LogP contribution in [0.4, 0.5) is 5.95 Å². The summed E-state index contributed by atoms with van der Waals surface area (Å²) in [5.41, 5.74) is 0.811. The first-order valence-electron chi connectivity index (χ1n) is 7.13. The van der Waals surface area contributed by atoms with Crippen molar-refractivity contribution >= 4 is 5.95 Å². The smallest absolute Gasteiger partial charge is 0.255 e. The molecule has 0 aliphatic carbocycles. The molecule has 1 aromatic heterocycles. The topological polar surface area (TPSA) is 47.4 Å². The van der Waals surface area contributed by atoms with Crippen molar-refractivity contribution in [2.45, 2.75) is 39.7 Å². The third-order valence-corrected chi connectivity index (χ3v) is 3.42. The van der Waals surface area contributed by atoms with Gasteiger partial charge in [-0.15, -0.1) is 0 Å². The summed E-state index contributed by atoms with van der Waals surface area (Å²) in [5.74, 6) is 0.810. The summed E-state index contributed by atoms with van der Waals surface area (Å²) < 4.78 is 7.10. The van der Waals surface area contributed by atoms with Crippen LogP contribution in [0.15, 0.2) is 10.9 Å². The highest BCUT2D eigenvalue weighted by molar-refractivity contribution is 5.32. The summed E-state index contributed by atoms with van der Waals surface area (Å²) in [7, 11) is 0. The highest BCUT2D eigenvalue weighted by Gasteiger charge is 2.17. The molecule has 1 fully saturated rings. The van der Waals surface area contributed by atoms with Gasteiger partial charge in [-0.25, -0.2) is 4.98 Å². The van der Waals surface area contributed by atoms with Crippen molar-refractivity contribution in [3.05, 3.63) is 22.1 Å². The van der Waals surface area contributed by atoms with E-state index in [1.165, 1.54) is 19.3 Å². The molecule has 19 heavy (non-hydrogen) atoms. The summed E-state index contributed by atoms with van der Waals surface area (Å²) >= 11 is 0. The van der Waals surface area contributed by atoms with Crippen LogP contribution in [-0.4, -0.2) is 35.9 Å². The van der Waals surface area contributed by atoms with Crippen molar-refractivity contribution < 1.29 is 4.74 Å². The van der Waals surface area contributed by atoms with Crippen LogP contribution in [-0.2, 0) is 11.3 Å². The summed E-state index contributed by atoms with van der Waals surface area (Å²) in [6.45, 7) is 7.62. The van der Waals surface area contributed by atoms with Crippen LogP contribution in [0, 0.1) is 6.92 Å². The molecule has 0 atom stereocenters. The maximum absolute atomic E-state index is 12.1. The Morgan fingerprint density at radius 2 is 2.05 bits per heavy atom. The zero-order valence-electron chi connectivity index (χ0n) is 11.9. The lowest BCUT2D eigenvalue weighted by Crippen LogP contribution is -2.37. The van der Waals surface area contributed by atoms with Crippen LogP contribution < -0.4 is 10.5 Å². The molecule has 0 amide bonds. The van der Waals surface area contributed by atoms with Crippen molar-refractivity contribution in [2.24, 2.45) is 0 Å². The number of hydrogen-bond acceptors (Lipinski definition) is 4. The molecule has 0 unspecified atom stereocenters. The largest absolute Gasteiger partial charge is 0.380 e. The van der Waals surface area contributed by atoms with Crippen LogP contribution >= 0.6 is 0 Å². The second-order valence-corrected chi connectivity index (χ2v) is 4.93. The average molecular weight is 265 g/mol. The zero-order valence-corrected chi connectivity index (χ0v) is 11.9. The highest BCUT2D eigenvalue weighted by Crippen LogP contribution is 2.16. The molecule has 2 rings (SSSR count). The Morgan fingerprint density at radius 1 is 1.32 bits per heavy atom. The van der Waals surface area contributed by atoms with Gasteiger partial charge in [0, 0.05) is 31.5 Å². The van der Waals surface area contributed by atoms with E-state index in [4.69, 9.17) is 4.74 Å². The third kappa shape index (κ3) is 3.56. The molecule has 106 valence electrons. The minimum Gasteiger partial charge on any atom is -0.380 e. The Kier molecular flexibility index (Phi) is 4.96. The average Bonchev–Trinajstić information content (AvgIpc) is 2.42. The number of aromatic nitrogens is 2. The standard InChI is InChI=1S/C14H23N3O2/c1-3-19-10-9-17-13(18)11-12(2)15-14(17)16-7-5-4-6-8-16/h11H,3-10H2,1-2H3. The molecule has 0 spiro atoms. The highest BCUT2D eigenvalue weighted by atomic mass is 16.5. The van der Waals surface area contributed by atoms with Crippen molar-refractivity contribution in [2.75, 3.05) is 31.2 Å². The fourth-order valence-electron chi connectivity index (χ4n) is 2.45. The summed E-state index contributed by atoms with van der Waals surface area (Å²) in [6, 6.07) is 1.60. The second kappa shape index (κ2) is 6.70. The molecule has 1 saturated heterocycles. The van der Waals surface area contributed by atoms with Gasteiger partial charge in [-0.3, -0.25) is 9.36 Å².